The molecule has 2 fully saturated rings. The molecule has 2 unspecified atom stereocenters. The van der Waals surface area contributed by atoms with Gasteiger partial charge in [0.25, 0.3) is 0 Å². The van der Waals surface area contributed by atoms with E-state index in [-0.39, 0.29) is 17.8 Å². The van der Waals surface area contributed by atoms with E-state index in [4.69, 9.17) is 4.74 Å². The van der Waals surface area contributed by atoms with Crippen molar-refractivity contribution >= 4 is 16.9 Å². The minimum Gasteiger partial charge on any atom is -0.493 e. The molecule has 0 spiro atoms. The molecule has 3 atom stereocenters. The third-order valence-corrected chi connectivity index (χ3v) is 7.91. The Morgan fingerprint density at radius 3 is 2.51 bits per heavy atom. The van der Waals surface area contributed by atoms with Crippen LogP contribution in [0.3, 0.4) is 0 Å². The first-order valence-corrected chi connectivity index (χ1v) is 13.5. The van der Waals surface area contributed by atoms with Crippen LogP contribution in [0.2, 0.25) is 0 Å². The van der Waals surface area contributed by atoms with Crippen LogP contribution in [0.5, 0.6) is 5.75 Å². The molecule has 194 valence electrons. The fourth-order valence-electron chi connectivity index (χ4n) is 5.52. The molecule has 0 radical (unpaired) electrons. The predicted molar refractivity (Wildman–Crippen MR) is 145 cm³/mol. The quantitative estimate of drug-likeness (QED) is 0.452. The maximum atomic E-state index is 12.7. The molecule has 0 amide bonds. The van der Waals surface area contributed by atoms with E-state index in [2.05, 4.69) is 70.9 Å². The zero-order chi connectivity index (χ0) is 26.1. The first-order chi connectivity index (χ1) is 17.9. The Morgan fingerprint density at radius 2 is 1.86 bits per heavy atom. The Morgan fingerprint density at radius 1 is 1.11 bits per heavy atom. The van der Waals surface area contributed by atoms with Crippen LogP contribution in [0.4, 0.5) is 5.82 Å². The highest BCUT2D eigenvalue weighted by Gasteiger charge is 2.36. The second-order valence-corrected chi connectivity index (χ2v) is 10.5. The Hall–Kier alpha value is -3.44. The lowest BCUT2D eigenvalue weighted by Crippen LogP contribution is -2.58. The minimum atomic E-state index is -0.313. The molecule has 2 aromatic heterocycles. The third-order valence-electron chi connectivity index (χ3n) is 7.91. The number of aromatic nitrogens is 3. The highest BCUT2D eigenvalue weighted by Crippen LogP contribution is 2.35. The van der Waals surface area contributed by atoms with Crippen molar-refractivity contribution in [1.82, 2.24) is 19.4 Å². The zero-order valence-corrected chi connectivity index (χ0v) is 22.2. The van der Waals surface area contributed by atoms with Crippen LogP contribution in [-0.2, 0) is 7.05 Å². The van der Waals surface area contributed by atoms with Gasteiger partial charge in [0.2, 0.25) is 0 Å². The summed E-state index contributed by atoms with van der Waals surface area (Å²) < 4.78 is 7.45. The van der Waals surface area contributed by atoms with Crippen LogP contribution in [-0.4, -0.2) is 51.2 Å². The van der Waals surface area contributed by atoms with Crippen molar-refractivity contribution in [1.29, 1.82) is 5.26 Å². The smallest absolute Gasteiger partial charge is 0.349 e. The molecule has 0 N–H and O–H groups in total. The lowest BCUT2D eigenvalue weighted by atomic mass is 9.96. The number of anilines is 1. The molecule has 1 saturated carbocycles. The van der Waals surface area contributed by atoms with E-state index in [1.807, 2.05) is 0 Å². The Bertz CT molecular complexity index is 1360. The van der Waals surface area contributed by atoms with Gasteiger partial charge in [-0.25, -0.2) is 9.78 Å². The second kappa shape index (κ2) is 10.5. The van der Waals surface area contributed by atoms with Gasteiger partial charge in [-0.05, 0) is 68.4 Å². The van der Waals surface area contributed by atoms with E-state index in [1.54, 1.807) is 19.2 Å². The highest BCUT2D eigenvalue weighted by molar-refractivity contribution is 5.86. The SMILES string of the molecule is CCC(c1ccc(OCC2CC2)cc1)N1CC(C)N(c2nc(=O)n(C)c3ccc(C#N)nc23)C[C@H]1CC. The molecule has 1 saturated heterocycles. The number of nitrogens with zero attached hydrogens (tertiary/aromatic N) is 6. The molecule has 37 heavy (non-hydrogen) atoms. The number of rotatable bonds is 8. The van der Waals surface area contributed by atoms with E-state index in [0.29, 0.717) is 28.6 Å². The standard InChI is InChI=1S/C29H36N6O2/c1-5-23-17-34(28-27-26(33(4)29(36)32-28)14-11-22(15-30)31-27)19(3)16-35(23)25(6-2)21-9-12-24(13-10-21)37-18-20-7-8-20/h9-14,19-20,23,25H,5-8,16-18H2,1-4H3/t19?,23-,25?/m1/s1. The van der Waals surface area contributed by atoms with Crippen molar-refractivity contribution in [2.24, 2.45) is 13.0 Å². The summed E-state index contributed by atoms with van der Waals surface area (Å²) in [6, 6.07) is 14.9. The predicted octanol–water partition coefficient (Wildman–Crippen LogP) is 4.43. The van der Waals surface area contributed by atoms with Crippen molar-refractivity contribution < 1.29 is 4.74 Å². The van der Waals surface area contributed by atoms with Crippen LogP contribution in [0.15, 0.2) is 41.2 Å². The number of ether oxygens (including phenoxy) is 1. The first kappa shape index (κ1) is 25.2. The fourth-order valence-corrected chi connectivity index (χ4v) is 5.52. The minimum absolute atomic E-state index is 0.119. The van der Waals surface area contributed by atoms with E-state index in [1.165, 1.54) is 23.0 Å². The van der Waals surface area contributed by atoms with E-state index in [0.717, 1.165) is 44.2 Å². The van der Waals surface area contributed by atoms with E-state index >= 15 is 0 Å². The lowest BCUT2D eigenvalue weighted by Gasteiger charge is -2.49. The number of aryl methyl sites for hydroxylation is 1. The molecule has 5 rings (SSSR count). The molecule has 3 heterocycles. The van der Waals surface area contributed by atoms with Crippen molar-refractivity contribution in [2.45, 2.75) is 64.6 Å². The van der Waals surface area contributed by atoms with Gasteiger partial charge in [0, 0.05) is 38.3 Å². The Labute approximate surface area is 218 Å². The molecule has 1 aliphatic carbocycles. The largest absolute Gasteiger partial charge is 0.493 e. The zero-order valence-electron chi connectivity index (χ0n) is 22.2. The van der Waals surface area contributed by atoms with Gasteiger partial charge < -0.3 is 9.64 Å². The maximum Gasteiger partial charge on any atom is 0.349 e. The normalized spacial score (nSPS) is 21.1. The van der Waals surface area contributed by atoms with E-state index < -0.39 is 0 Å². The van der Waals surface area contributed by atoms with Gasteiger partial charge in [-0.2, -0.15) is 10.2 Å². The summed E-state index contributed by atoms with van der Waals surface area (Å²) in [5.41, 5.74) is 2.60. The van der Waals surface area contributed by atoms with Crippen molar-refractivity contribution in [3.05, 3.63) is 58.1 Å². The van der Waals surface area contributed by atoms with Gasteiger partial charge in [0.05, 0.1) is 12.1 Å². The van der Waals surface area contributed by atoms with Gasteiger partial charge in [0.1, 0.15) is 23.0 Å². The molecular formula is C29H36N6O2. The first-order valence-electron chi connectivity index (χ1n) is 13.5. The van der Waals surface area contributed by atoms with Gasteiger partial charge in [-0.3, -0.25) is 9.47 Å². The summed E-state index contributed by atoms with van der Waals surface area (Å²) in [4.78, 5) is 26.6. The number of piperazine rings is 1. The van der Waals surface area contributed by atoms with Gasteiger partial charge in [0.15, 0.2) is 5.82 Å². The third kappa shape index (κ3) is 5.05. The van der Waals surface area contributed by atoms with Gasteiger partial charge in [-0.15, -0.1) is 0 Å². The van der Waals surface area contributed by atoms with Crippen molar-refractivity contribution in [3.63, 3.8) is 0 Å². The van der Waals surface area contributed by atoms with Gasteiger partial charge >= 0.3 is 5.69 Å². The van der Waals surface area contributed by atoms with Crippen LogP contribution >= 0.6 is 0 Å². The number of benzene rings is 1. The fraction of sp³-hybridized carbons (Fsp3) is 0.517. The average Bonchev–Trinajstić information content (AvgIpc) is 3.75. The number of pyridine rings is 1. The molecule has 1 aromatic carbocycles. The molecule has 3 aromatic rings. The lowest BCUT2D eigenvalue weighted by molar-refractivity contribution is 0.0939. The summed E-state index contributed by atoms with van der Waals surface area (Å²) in [6.45, 7) is 9.05. The summed E-state index contributed by atoms with van der Waals surface area (Å²) in [5, 5.41) is 9.43. The Balaban J connectivity index is 1.42. The molecule has 8 heteroatoms. The average molecular weight is 501 g/mol. The van der Waals surface area contributed by atoms with Crippen molar-refractivity contribution in [2.75, 3.05) is 24.6 Å². The number of nitriles is 1. The molecular weight excluding hydrogens is 464 g/mol. The molecule has 8 nitrogen and oxygen atoms in total. The topological polar surface area (TPSA) is 87.3 Å². The van der Waals surface area contributed by atoms with Crippen LogP contribution in [0, 0.1) is 17.2 Å². The van der Waals surface area contributed by atoms with Crippen molar-refractivity contribution in [3.8, 4) is 11.8 Å². The number of hydrogen-bond donors (Lipinski definition) is 0. The molecule has 0 bridgehead atoms. The monoisotopic (exact) mass is 500 g/mol. The van der Waals surface area contributed by atoms with Crippen LogP contribution in [0.25, 0.3) is 11.0 Å². The Kier molecular flexibility index (Phi) is 7.16. The summed E-state index contributed by atoms with van der Waals surface area (Å²) in [5.74, 6) is 2.26. The van der Waals surface area contributed by atoms with Gasteiger partial charge in [-0.1, -0.05) is 26.0 Å². The van der Waals surface area contributed by atoms with E-state index in [9.17, 15) is 10.1 Å². The molecule has 2 aliphatic rings. The van der Waals surface area contributed by atoms with Crippen LogP contribution in [0.1, 0.15) is 63.8 Å². The summed E-state index contributed by atoms with van der Waals surface area (Å²) in [7, 11) is 1.69. The summed E-state index contributed by atoms with van der Waals surface area (Å²) in [6.07, 6.45) is 4.56. The number of hydrogen-bond acceptors (Lipinski definition) is 7. The summed E-state index contributed by atoms with van der Waals surface area (Å²) >= 11 is 0. The second-order valence-electron chi connectivity index (χ2n) is 10.5. The van der Waals surface area contributed by atoms with Crippen LogP contribution < -0.4 is 15.3 Å². The highest BCUT2D eigenvalue weighted by atomic mass is 16.5. The molecule has 1 aliphatic heterocycles. The maximum absolute atomic E-state index is 12.7. The number of fused-ring (bicyclic) bond motifs is 1.